The maximum Gasteiger partial charge on any atom is 0.408 e. The average Bonchev–Trinajstić information content (AvgIpc) is 2.64. The van der Waals surface area contributed by atoms with Crippen LogP contribution < -0.4 is 16.0 Å². The molecule has 0 unspecified atom stereocenters. The highest BCUT2D eigenvalue weighted by Crippen LogP contribution is 2.00. The maximum atomic E-state index is 12.0. The molecule has 0 saturated heterocycles. The molecule has 2 atom stereocenters. The van der Waals surface area contributed by atoms with Crippen LogP contribution in [0.25, 0.3) is 0 Å². The molecule has 0 radical (unpaired) electrons. The van der Waals surface area contributed by atoms with E-state index in [2.05, 4.69) is 20.7 Å². The normalized spacial score (nSPS) is 12.3. The molecule has 3 N–H and O–H groups in total. The van der Waals surface area contributed by atoms with Gasteiger partial charge in [0.25, 0.3) is 0 Å². The fraction of sp³-hybridized carbons (Fsp3) is 0.412. The van der Waals surface area contributed by atoms with Crippen molar-refractivity contribution in [2.45, 2.75) is 32.5 Å². The van der Waals surface area contributed by atoms with Gasteiger partial charge in [-0.05, 0) is 19.4 Å². The van der Waals surface area contributed by atoms with E-state index in [-0.39, 0.29) is 18.1 Å². The first-order valence-electron chi connectivity index (χ1n) is 7.95. The Bertz CT molecular complexity index is 639. The maximum absolute atomic E-state index is 12.0. The van der Waals surface area contributed by atoms with Gasteiger partial charge in [0, 0.05) is 0 Å². The molecule has 1 aromatic carbocycles. The van der Waals surface area contributed by atoms with E-state index in [9.17, 15) is 14.4 Å². The van der Waals surface area contributed by atoms with E-state index in [1.54, 1.807) is 6.92 Å². The van der Waals surface area contributed by atoms with Crippen molar-refractivity contribution in [3.63, 3.8) is 0 Å². The largest absolute Gasteiger partial charge is 0.467 e. The molecule has 0 aliphatic carbocycles. The van der Waals surface area contributed by atoms with E-state index in [4.69, 9.17) is 17.0 Å². The Hall–Kier alpha value is -2.68. The van der Waals surface area contributed by atoms with Gasteiger partial charge in [-0.15, -0.1) is 0 Å². The van der Waals surface area contributed by atoms with Crippen LogP contribution in [0.2, 0.25) is 0 Å². The summed E-state index contributed by atoms with van der Waals surface area (Å²) >= 11 is 5.04. The summed E-state index contributed by atoms with van der Waals surface area (Å²) in [7, 11) is 1.27. The molecule has 1 rings (SSSR count). The molecule has 0 aliphatic rings. The monoisotopic (exact) mass is 381 g/mol. The van der Waals surface area contributed by atoms with Gasteiger partial charge in [0.1, 0.15) is 18.7 Å². The van der Waals surface area contributed by atoms with Crippen LogP contribution in [0.1, 0.15) is 19.4 Å². The number of rotatable bonds is 8. The summed E-state index contributed by atoms with van der Waals surface area (Å²) in [6.45, 7) is 3.25. The van der Waals surface area contributed by atoms with E-state index < -0.39 is 30.1 Å². The molecular weight excluding hydrogens is 358 g/mol. The summed E-state index contributed by atoms with van der Waals surface area (Å²) in [5.41, 5.74) is 0.843. The van der Waals surface area contributed by atoms with Crippen LogP contribution in [0.5, 0.6) is 0 Å². The Balaban J connectivity index is 2.30. The molecule has 142 valence electrons. The molecule has 0 fully saturated rings. The van der Waals surface area contributed by atoms with Crippen molar-refractivity contribution < 1.29 is 23.9 Å². The van der Waals surface area contributed by atoms with Crippen LogP contribution in [-0.2, 0) is 25.7 Å². The van der Waals surface area contributed by atoms with Crippen molar-refractivity contribution in [1.82, 2.24) is 16.0 Å². The second-order valence-electron chi connectivity index (χ2n) is 5.46. The topological polar surface area (TPSA) is 106 Å². The highest BCUT2D eigenvalue weighted by Gasteiger charge is 2.18. The number of thiocarbonyl (C=S) groups is 1. The first kappa shape index (κ1) is 21.4. The predicted molar refractivity (Wildman–Crippen MR) is 99.4 cm³/mol. The lowest BCUT2D eigenvalue weighted by Gasteiger charge is -2.16. The Morgan fingerprint density at radius 1 is 1.08 bits per heavy atom. The number of hydrogen-bond acceptors (Lipinski definition) is 6. The molecule has 0 bridgehead atoms. The van der Waals surface area contributed by atoms with Crippen molar-refractivity contribution in [3.05, 3.63) is 35.9 Å². The highest BCUT2D eigenvalue weighted by atomic mass is 32.1. The van der Waals surface area contributed by atoms with Gasteiger partial charge in [0.05, 0.1) is 18.6 Å². The number of methoxy groups -OCH3 is 1. The Morgan fingerprint density at radius 3 is 2.35 bits per heavy atom. The van der Waals surface area contributed by atoms with Crippen LogP contribution in [0.15, 0.2) is 30.3 Å². The molecule has 9 heteroatoms. The second-order valence-corrected chi connectivity index (χ2v) is 5.95. The minimum absolute atomic E-state index is 0.0284. The summed E-state index contributed by atoms with van der Waals surface area (Å²) in [6.07, 6.45) is -0.698. The molecular formula is C17H23N3O5S. The van der Waals surface area contributed by atoms with Gasteiger partial charge in [-0.3, -0.25) is 4.79 Å². The molecule has 0 spiro atoms. The molecule has 0 heterocycles. The van der Waals surface area contributed by atoms with Gasteiger partial charge in [-0.2, -0.15) is 0 Å². The standard InChI is InChI=1S/C17H23N3O5S/c1-11(20-17(23)25-10-13-7-5-4-6-8-13)15(21)18-9-14(26)19-12(2)16(22)24-3/h4-8,11-12H,9-10H2,1-3H3,(H,18,21)(H,19,26)(H,20,23)/t11-,12-/m0/s1. The average molecular weight is 381 g/mol. The third-order valence-corrected chi connectivity index (χ3v) is 3.56. The first-order chi connectivity index (χ1) is 12.3. The lowest BCUT2D eigenvalue weighted by molar-refractivity contribution is -0.142. The number of carbonyl (C=O) groups excluding carboxylic acids is 3. The second kappa shape index (κ2) is 11.0. The van der Waals surface area contributed by atoms with Crippen LogP contribution in [0, 0.1) is 0 Å². The summed E-state index contributed by atoms with van der Waals surface area (Å²) in [5, 5.41) is 7.72. The van der Waals surface area contributed by atoms with Crippen LogP contribution in [0.4, 0.5) is 4.79 Å². The molecule has 26 heavy (non-hydrogen) atoms. The molecule has 0 aromatic heterocycles. The molecule has 2 amide bonds. The highest BCUT2D eigenvalue weighted by molar-refractivity contribution is 7.80. The van der Waals surface area contributed by atoms with Crippen molar-refractivity contribution in [3.8, 4) is 0 Å². The molecule has 8 nitrogen and oxygen atoms in total. The van der Waals surface area contributed by atoms with Crippen molar-refractivity contribution in [2.75, 3.05) is 13.7 Å². The number of amides is 2. The zero-order chi connectivity index (χ0) is 19.5. The Morgan fingerprint density at radius 2 is 1.73 bits per heavy atom. The van der Waals surface area contributed by atoms with Gasteiger partial charge in [-0.1, -0.05) is 42.5 Å². The van der Waals surface area contributed by atoms with E-state index in [1.807, 2.05) is 30.3 Å². The fourth-order valence-corrected chi connectivity index (χ4v) is 2.10. The summed E-state index contributed by atoms with van der Waals surface area (Å²) in [4.78, 5) is 35.3. The summed E-state index contributed by atoms with van der Waals surface area (Å²) < 4.78 is 9.61. The number of benzene rings is 1. The van der Waals surface area contributed by atoms with Gasteiger partial charge < -0.3 is 25.4 Å². The summed E-state index contributed by atoms with van der Waals surface area (Å²) in [6, 6.07) is 7.77. The van der Waals surface area contributed by atoms with E-state index in [0.29, 0.717) is 0 Å². The Kier molecular flexibility index (Phi) is 9.07. The minimum atomic E-state index is -0.806. The van der Waals surface area contributed by atoms with E-state index in [0.717, 1.165) is 5.56 Å². The molecule has 0 saturated carbocycles. The van der Waals surface area contributed by atoms with Crippen molar-refractivity contribution in [1.29, 1.82) is 0 Å². The first-order valence-corrected chi connectivity index (χ1v) is 8.36. The lowest BCUT2D eigenvalue weighted by Crippen LogP contribution is -2.48. The van der Waals surface area contributed by atoms with E-state index >= 15 is 0 Å². The van der Waals surface area contributed by atoms with Gasteiger partial charge in [0.2, 0.25) is 5.91 Å². The van der Waals surface area contributed by atoms with Crippen LogP contribution >= 0.6 is 12.2 Å². The van der Waals surface area contributed by atoms with E-state index in [1.165, 1.54) is 14.0 Å². The number of hydrogen-bond donors (Lipinski definition) is 3. The van der Waals surface area contributed by atoms with Gasteiger partial charge in [-0.25, -0.2) is 9.59 Å². The smallest absolute Gasteiger partial charge is 0.408 e. The number of carbonyl (C=O) groups is 3. The quantitative estimate of drug-likeness (QED) is 0.454. The van der Waals surface area contributed by atoms with Crippen LogP contribution in [-0.4, -0.2) is 48.7 Å². The number of esters is 1. The van der Waals surface area contributed by atoms with Crippen LogP contribution in [0.3, 0.4) is 0 Å². The third kappa shape index (κ3) is 7.93. The van der Waals surface area contributed by atoms with Crippen molar-refractivity contribution in [2.24, 2.45) is 0 Å². The Labute approximate surface area is 157 Å². The number of nitrogens with one attached hydrogen (secondary N) is 3. The molecule has 1 aromatic rings. The van der Waals surface area contributed by atoms with Gasteiger partial charge >= 0.3 is 12.1 Å². The summed E-state index contributed by atoms with van der Waals surface area (Å²) in [5.74, 6) is -0.897. The zero-order valence-corrected chi connectivity index (χ0v) is 15.7. The fourth-order valence-electron chi connectivity index (χ4n) is 1.86. The number of ether oxygens (including phenoxy) is 2. The molecule has 0 aliphatic heterocycles. The lowest BCUT2D eigenvalue weighted by atomic mass is 10.2. The number of alkyl carbamates (subject to hydrolysis) is 1. The SMILES string of the molecule is COC(=O)[C@H](C)NC(=S)CNC(=O)[C@H](C)NC(=O)OCc1ccccc1. The minimum Gasteiger partial charge on any atom is -0.467 e. The van der Waals surface area contributed by atoms with Gasteiger partial charge in [0.15, 0.2) is 0 Å². The zero-order valence-electron chi connectivity index (χ0n) is 14.9. The van der Waals surface area contributed by atoms with Crippen molar-refractivity contribution >= 4 is 35.2 Å². The third-order valence-electron chi connectivity index (χ3n) is 3.30. The predicted octanol–water partition coefficient (Wildman–Crippen LogP) is 0.896.